The minimum absolute atomic E-state index is 0.344. The topological polar surface area (TPSA) is 98.0 Å². The Bertz CT molecular complexity index is 86.7. The first-order chi connectivity index (χ1) is 10.7. The molecule has 22 heavy (non-hydrogen) atoms. The van der Waals surface area contributed by atoms with Crippen molar-refractivity contribution in [1.82, 2.24) is 0 Å². The van der Waals surface area contributed by atoms with Crippen molar-refractivity contribution in [2.75, 3.05) is 26.4 Å². The van der Waals surface area contributed by atoms with Gasteiger partial charge < -0.3 is 20.4 Å². The van der Waals surface area contributed by atoms with Gasteiger partial charge in [-0.1, -0.05) is 53.4 Å². The van der Waals surface area contributed by atoms with Crippen LogP contribution in [0.4, 0.5) is 0 Å². The van der Waals surface area contributed by atoms with Gasteiger partial charge in [0.2, 0.25) is 0 Å². The second-order valence-corrected chi connectivity index (χ2v) is 4.31. The molecule has 140 valence electrons. The van der Waals surface area contributed by atoms with E-state index in [1.807, 2.05) is 0 Å². The summed E-state index contributed by atoms with van der Waals surface area (Å²) in [5, 5.41) is 32.3. The molecule has 0 bridgehead atoms. The summed E-state index contributed by atoms with van der Waals surface area (Å²) in [6, 6.07) is 0. The van der Waals surface area contributed by atoms with Crippen LogP contribution in [0.2, 0.25) is 0 Å². The molecule has 0 heterocycles. The Kier molecular flexibility index (Phi) is 89.2. The van der Waals surface area contributed by atoms with E-state index in [1.165, 1.54) is 0 Å². The molecule has 0 aromatic carbocycles. The third-order valence-electron chi connectivity index (χ3n) is 2.05. The van der Waals surface area contributed by atoms with Gasteiger partial charge in [-0.15, -0.1) is 0 Å². The van der Waals surface area contributed by atoms with Gasteiger partial charge in [-0.2, -0.15) is 0 Å². The molecule has 0 radical (unpaired) electrons. The van der Waals surface area contributed by atoms with E-state index in [2.05, 4.69) is 27.7 Å². The number of aliphatic hydroxyl groups excluding tert-OH is 4. The molecule has 0 spiro atoms. The zero-order chi connectivity index (χ0) is 18.5. The van der Waals surface area contributed by atoms with Gasteiger partial charge in [-0.3, -0.25) is 0 Å². The maximum absolute atomic E-state index is 8.26. The quantitative estimate of drug-likeness (QED) is 0.463. The first kappa shape index (κ1) is 33.8. The summed E-state index contributed by atoms with van der Waals surface area (Å²) in [6.45, 7) is 9.58. The third kappa shape index (κ3) is 109. The summed E-state index contributed by atoms with van der Waals surface area (Å²) in [7, 11) is 0. The zero-order valence-electron chi connectivity index (χ0n) is 15.1. The minimum atomic E-state index is 0.344. The second kappa shape index (κ2) is 58.0. The molecule has 4 N–H and O–H groups in total. The maximum atomic E-state index is 8.26. The van der Waals surface area contributed by atoms with Crippen LogP contribution in [0.3, 0.4) is 0 Å². The van der Waals surface area contributed by atoms with Crippen LogP contribution in [0.25, 0.3) is 0 Å². The Balaban J connectivity index is -0.0000000562. The van der Waals surface area contributed by atoms with Crippen molar-refractivity contribution in [2.24, 2.45) is 0 Å². The van der Waals surface area contributed by atoms with Gasteiger partial charge in [0.1, 0.15) is 0 Å². The van der Waals surface area contributed by atoms with Gasteiger partial charge >= 0.3 is 23.2 Å². The van der Waals surface area contributed by atoms with Crippen molar-refractivity contribution >= 4 is 0 Å². The molecular weight excluding hydrogens is 368 g/mol. The van der Waals surface area contributed by atoms with Crippen LogP contribution in [-0.4, -0.2) is 46.9 Å². The van der Waals surface area contributed by atoms with Gasteiger partial charge in [-0.25, -0.2) is 0 Å². The van der Waals surface area contributed by atoms with E-state index >= 15 is 0 Å². The molecule has 5 nitrogen and oxygen atoms in total. The molecule has 0 aromatic heterocycles. The zero-order valence-corrected chi connectivity index (χ0v) is 17.1. The van der Waals surface area contributed by atoms with Crippen molar-refractivity contribution in [1.29, 1.82) is 0 Å². The van der Waals surface area contributed by atoms with E-state index in [1.54, 1.807) is 0 Å². The first-order valence-electron chi connectivity index (χ1n) is 8.26. The molecule has 0 atom stereocenters. The summed E-state index contributed by atoms with van der Waals surface area (Å²) >= 11 is 0.700. The molecule has 0 unspecified atom stereocenters. The molecule has 0 rings (SSSR count). The van der Waals surface area contributed by atoms with Crippen molar-refractivity contribution in [3.8, 4) is 0 Å². The number of rotatable bonds is 8. The summed E-state index contributed by atoms with van der Waals surface area (Å²) in [5.74, 6) is 0. The van der Waals surface area contributed by atoms with Crippen LogP contribution >= 0.6 is 0 Å². The number of aliphatic hydroxyl groups is 4. The third-order valence-corrected chi connectivity index (χ3v) is 2.05. The Labute approximate surface area is 149 Å². The van der Waals surface area contributed by atoms with E-state index in [9.17, 15) is 0 Å². The molecular formula is C16H40MoO5. The molecule has 0 fully saturated rings. The molecule has 0 saturated carbocycles. The van der Waals surface area contributed by atoms with E-state index in [0.717, 1.165) is 51.4 Å². The Morgan fingerprint density at radius 2 is 0.636 bits per heavy atom. The van der Waals surface area contributed by atoms with Crippen molar-refractivity contribution in [2.45, 2.75) is 79.1 Å². The molecule has 0 amide bonds. The summed E-state index contributed by atoms with van der Waals surface area (Å²) in [5.41, 5.74) is 0. The van der Waals surface area contributed by atoms with E-state index in [0.29, 0.717) is 46.2 Å². The molecule has 0 aliphatic rings. The predicted molar refractivity (Wildman–Crippen MR) is 88.7 cm³/mol. The molecule has 0 aliphatic carbocycles. The van der Waals surface area contributed by atoms with Crippen LogP contribution in [0.5, 0.6) is 0 Å². The van der Waals surface area contributed by atoms with Crippen molar-refractivity contribution < 1.29 is 43.6 Å². The number of hydrogen-bond donors (Lipinski definition) is 4. The molecule has 0 aliphatic heterocycles. The van der Waals surface area contributed by atoms with Crippen molar-refractivity contribution in [3.63, 3.8) is 0 Å². The van der Waals surface area contributed by atoms with Crippen molar-refractivity contribution in [3.05, 3.63) is 0 Å². The van der Waals surface area contributed by atoms with Crippen LogP contribution in [0, 0.1) is 0 Å². The van der Waals surface area contributed by atoms with Gasteiger partial charge in [0.25, 0.3) is 0 Å². The molecule has 0 aromatic rings. The summed E-state index contributed by atoms with van der Waals surface area (Å²) in [6.07, 6.45) is 8.15. The van der Waals surface area contributed by atoms with Gasteiger partial charge in [0, 0.05) is 26.4 Å². The van der Waals surface area contributed by atoms with E-state index in [4.69, 9.17) is 23.8 Å². The first-order valence-corrected chi connectivity index (χ1v) is 9.08. The fourth-order valence-electron chi connectivity index (χ4n) is 0.632. The van der Waals surface area contributed by atoms with Crippen LogP contribution < -0.4 is 0 Å². The van der Waals surface area contributed by atoms with Crippen LogP contribution in [0.1, 0.15) is 79.1 Å². The second-order valence-electron chi connectivity index (χ2n) is 4.31. The molecule has 0 saturated heterocycles. The monoisotopic (exact) mass is 410 g/mol. The van der Waals surface area contributed by atoms with Crippen LogP contribution in [0.15, 0.2) is 0 Å². The summed E-state index contributed by atoms with van der Waals surface area (Å²) in [4.78, 5) is 0. The van der Waals surface area contributed by atoms with Gasteiger partial charge in [0.15, 0.2) is 0 Å². The average Bonchev–Trinajstić information content (AvgIpc) is 2.54. The summed E-state index contributed by atoms with van der Waals surface area (Å²) < 4.78 is 8.26. The Morgan fingerprint density at radius 3 is 0.636 bits per heavy atom. The fraction of sp³-hybridized carbons (Fsp3) is 1.00. The number of hydrogen-bond acceptors (Lipinski definition) is 5. The Hall–Kier alpha value is 0.328. The average molecular weight is 408 g/mol. The Morgan fingerprint density at radius 1 is 0.500 bits per heavy atom. The van der Waals surface area contributed by atoms with Gasteiger partial charge in [0.05, 0.1) is 0 Å². The number of unbranched alkanes of at least 4 members (excludes halogenated alkanes) is 4. The van der Waals surface area contributed by atoms with E-state index < -0.39 is 0 Å². The van der Waals surface area contributed by atoms with Crippen LogP contribution in [-0.2, 0) is 23.2 Å². The molecule has 6 heteroatoms. The standard InChI is InChI=1S/4C4H10O.Mo.O/c4*1-2-3-4-5;;/h4*5H,2-4H2,1H3;;. The van der Waals surface area contributed by atoms with Gasteiger partial charge in [-0.05, 0) is 25.7 Å². The predicted octanol–water partition coefficient (Wildman–Crippen LogP) is 2.99. The fourth-order valence-corrected chi connectivity index (χ4v) is 0.632. The van der Waals surface area contributed by atoms with E-state index in [-0.39, 0.29) is 0 Å². The SMILES string of the molecule is CCCCO.CCCCO.CCCCO.CCCCO.[O]=[Mo]. The normalized spacial score (nSPS) is 7.82.